The Morgan fingerprint density at radius 3 is 2.73 bits per heavy atom. The van der Waals surface area contributed by atoms with E-state index in [0.29, 0.717) is 17.8 Å². The summed E-state index contributed by atoms with van der Waals surface area (Å²) >= 11 is 0. The molecule has 0 N–H and O–H groups in total. The average molecular weight is 347 g/mol. The average Bonchev–Trinajstić information content (AvgIpc) is 2.96. The van der Waals surface area contributed by atoms with Crippen LogP contribution in [0.25, 0.3) is 27.7 Å². The number of hydrogen-bond donors (Lipinski definition) is 0. The number of aromatic nitrogens is 4. The number of aryl methyl sites for hydroxylation is 1. The van der Waals surface area contributed by atoms with Gasteiger partial charge in [0.2, 0.25) is 5.43 Å². The number of fused-ring (bicyclic) bond motifs is 5. The molecule has 7 nitrogen and oxygen atoms in total. The third kappa shape index (κ3) is 2.23. The van der Waals surface area contributed by atoms with Crippen molar-refractivity contribution < 1.29 is 4.74 Å². The van der Waals surface area contributed by atoms with Crippen LogP contribution in [0.1, 0.15) is 25.3 Å². The lowest BCUT2D eigenvalue weighted by Crippen LogP contribution is -2.14. The van der Waals surface area contributed by atoms with Crippen molar-refractivity contribution in [2.75, 3.05) is 6.61 Å². The first kappa shape index (κ1) is 16.1. The SMILES string of the molecule is CCCCOc1ncc2c(n1)c(=O)c(C#N)c1n(C)c3ccccc3n21. The minimum absolute atomic E-state index is 0.0643. The van der Waals surface area contributed by atoms with E-state index in [-0.39, 0.29) is 17.1 Å². The molecule has 3 aromatic heterocycles. The fourth-order valence-electron chi connectivity index (χ4n) is 3.23. The van der Waals surface area contributed by atoms with Gasteiger partial charge in [-0.3, -0.25) is 9.20 Å². The normalized spacial score (nSPS) is 11.3. The largest absolute Gasteiger partial charge is 0.463 e. The molecule has 3 heterocycles. The van der Waals surface area contributed by atoms with Gasteiger partial charge in [-0.1, -0.05) is 25.5 Å². The van der Waals surface area contributed by atoms with Gasteiger partial charge in [0.05, 0.1) is 29.4 Å². The number of rotatable bonds is 4. The second kappa shape index (κ2) is 6.15. The lowest BCUT2D eigenvalue weighted by Gasteiger charge is -2.07. The molecule has 0 aliphatic heterocycles. The Bertz CT molecular complexity index is 1250. The zero-order valence-corrected chi connectivity index (χ0v) is 14.6. The summed E-state index contributed by atoms with van der Waals surface area (Å²) in [6.45, 7) is 2.55. The van der Waals surface area contributed by atoms with Gasteiger partial charge in [-0.25, -0.2) is 4.98 Å². The van der Waals surface area contributed by atoms with Gasteiger partial charge < -0.3 is 9.30 Å². The number of unbranched alkanes of at least 4 members (excludes halogenated alkanes) is 1. The van der Waals surface area contributed by atoms with E-state index in [2.05, 4.69) is 16.9 Å². The van der Waals surface area contributed by atoms with Gasteiger partial charge in [-0.2, -0.15) is 10.2 Å². The van der Waals surface area contributed by atoms with E-state index >= 15 is 0 Å². The predicted octanol–water partition coefficient (Wildman–Crippen LogP) is 2.78. The number of pyridine rings is 1. The second-order valence-corrected chi connectivity index (χ2v) is 6.11. The molecule has 1 aromatic carbocycles. The fraction of sp³-hybridized carbons (Fsp3) is 0.263. The fourth-order valence-corrected chi connectivity index (χ4v) is 3.23. The number of nitrogens with zero attached hydrogens (tertiary/aromatic N) is 5. The van der Waals surface area contributed by atoms with E-state index in [4.69, 9.17) is 4.74 Å². The second-order valence-electron chi connectivity index (χ2n) is 6.11. The maximum absolute atomic E-state index is 12.9. The first-order valence-electron chi connectivity index (χ1n) is 8.49. The van der Waals surface area contributed by atoms with Crippen LogP contribution in [0, 0.1) is 11.3 Å². The van der Waals surface area contributed by atoms with Crippen LogP contribution in [-0.4, -0.2) is 25.5 Å². The first-order valence-corrected chi connectivity index (χ1v) is 8.49. The van der Waals surface area contributed by atoms with Gasteiger partial charge in [-0.15, -0.1) is 0 Å². The Kier molecular flexibility index (Phi) is 3.81. The van der Waals surface area contributed by atoms with Crippen LogP contribution in [0.3, 0.4) is 0 Å². The van der Waals surface area contributed by atoms with E-state index in [9.17, 15) is 10.1 Å². The number of nitriles is 1. The molecule has 0 saturated carbocycles. The van der Waals surface area contributed by atoms with Gasteiger partial charge in [0, 0.05) is 7.05 Å². The summed E-state index contributed by atoms with van der Waals surface area (Å²) in [5, 5.41) is 9.62. The van der Waals surface area contributed by atoms with Crippen LogP contribution < -0.4 is 10.2 Å². The minimum atomic E-state index is -0.406. The summed E-state index contributed by atoms with van der Waals surface area (Å²) in [6.07, 6.45) is 3.46. The van der Waals surface area contributed by atoms with Crippen molar-refractivity contribution in [3.63, 3.8) is 0 Å². The van der Waals surface area contributed by atoms with Crippen molar-refractivity contribution >= 4 is 27.7 Å². The van der Waals surface area contributed by atoms with Crippen molar-refractivity contribution in [3.8, 4) is 12.1 Å². The van der Waals surface area contributed by atoms with Gasteiger partial charge in [-0.05, 0) is 18.6 Å². The molecule has 0 saturated heterocycles. The van der Waals surface area contributed by atoms with E-state index in [1.165, 1.54) is 0 Å². The smallest absolute Gasteiger partial charge is 0.317 e. The highest BCUT2D eigenvalue weighted by atomic mass is 16.5. The molecule has 4 aromatic rings. The molecule has 0 fully saturated rings. The third-order valence-corrected chi connectivity index (χ3v) is 4.51. The molecule has 0 spiro atoms. The van der Waals surface area contributed by atoms with E-state index in [0.717, 1.165) is 23.9 Å². The maximum atomic E-state index is 12.9. The Morgan fingerprint density at radius 1 is 1.23 bits per heavy atom. The van der Waals surface area contributed by atoms with Gasteiger partial charge in [0.15, 0.2) is 0 Å². The van der Waals surface area contributed by atoms with Crippen LogP contribution in [0.15, 0.2) is 35.3 Å². The van der Waals surface area contributed by atoms with Crippen LogP contribution in [0.4, 0.5) is 0 Å². The molecule has 130 valence electrons. The Labute approximate surface area is 149 Å². The van der Waals surface area contributed by atoms with E-state index in [1.54, 1.807) is 6.20 Å². The lowest BCUT2D eigenvalue weighted by molar-refractivity contribution is 0.286. The van der Waals surface area contributed by atoms with E-state index in [1.807, 2.05) is 46.4 Å². The molecular weight excluding hydrogens is 330 g/mol. The summed E-state index contributed by atoms with van der Waals surface area (Å²) in [4.78, 5) is 21.4. The summed E-state index contributed by atoms with van der Waals surface area (Å²) in [5.74, 6) is 0. The molecule has 26 heavy (non-hydrogen) atoms. The Balaban J connectivity index is 2.11. The molecule has 0 unspecified atom stereocenters. The van der Waals surface area contributed by atoms with Crippen molar-refractivity contribution in [2.24, 2.45) is 7.05 Å². The highest BCUT2D eigenvalue weighted by Crippen LogP contribution is 2.25. The van der Waals surface area contributed by atoms with Gasteiger partial charge in [0.1, 0.15) is 22.8 Å². The first-order chi connectivity index (χ1) is 12.7. The highest BCUT2D eigenvalue weighted by Gasteiger charge is 2.20. The topological polar surface area (TPSA) is 85.2 Å². The molecular formula is C19H17N5O2. The molecule has 0 amide bonds. The highest BCUT2D eigenvalue weighted by molar-refractivity contribution is 5.91. The van der Waals surface area contributed by atoms with Crippen LogP contribution in [0.2, 0.25) is 0 Å². The zero-order valence-electron chi connectivity index (χ0n) is 14.6. The van der Waals surface area contributed by atoms with E-state index < -0.39 is 5.43 Å². The van der Waals surface area contributed by atoms with Crippen LogP contribution in [-0.2, 0) is 7.05 Å². The number of benzene rings is 1. The molecule has 0 bridgehead atoms. The Hall–Kier alpha value is -3.40. The molecule has 0 aliphatic rings. The maximum Gasteiger partial charge on any atom is 0.317 e. The van der Waals surface area contributed by atoms with Crippen LogP contribution >= 0.6 is 0 Å². The monoisotopic (exact) mass is 347 g/mol. The summed E-state index contributed by atoms with van der Waals surface area (Å²) < 4.78 is 9.24. The molecule has 0 aliphatic carbocycles. The van der Waals surface area contributed by atoms with Gasteiger partial charge >= 0.3 is 6.01 Å². The summed E-state index contributed by atoms with van der Waals surface area (Å²) in [6, 6.07) is 9.94. The van der Waals surface area contributed by atoms with Gasteiger partial charge in [0.25, 0.3) is 0 Å². The number of imidazole rings is 1. The Morgan fingerprint density at radius 2 is 2.00 bits per heavy atom. The molecule has 4 rings (SSSR count). The zero-order chi connectivity index (χ0) is 18.3. The van der Waals surface area contributed by atoms with Crippen molar-refractivity contribution in [2.45, 2.75) is 19.8 Å². The minimum Gasteiger partial charge on any atom is -0.463 e. The third-order valence-electron chi connectivity index (χ3n) is 4.51. The standard InChI is InChI=1S/C19H17N5O2/c1-3-4-9-26-19-21-11-15-16(22-19)17(25)12(10-20)18-23(2)13-7-5-6-8-14(13)24(15)18/h5-8,11H,3-4,9H2,1-2H3. The van der Waals surface area contributed by atoms with Crippen LogP contribution in [0.5, 0.6) is 6.01 Å². The van der Waals surface area contributed by atoms with Crippen molar-refractivity contribution in [1.82, 2.24) is 18.9 Å². The molecule has 0 atom stereocenters. The number of para-hydroxylation sites is 2. The molecule has 7 heteroatoms. The molecule has 0 radical (unpaired) electrons. The number of hydrogen-bond acceptors (Lipinski definition) is 5. The number of ether oxygens (including phenoxy) is 1. The predicted molar refractivity (Wildman–Crippen MR) is 98.4 cm³/mol. The van der Waals surface area contributed by atoms with Crippen molar-refractivity contribution in [3.05, 3.63) is 46.2 Å². The van der Waals surface area contributed by atoms with Crippen molar-refractivity contribution in [1.29, 1.82) is 5.26 Å². The summed E-state index contributed by atoms with van der Waals surface area (Å²) in [7, 11) is 1.84. The lowest BCUT2D eigenvalue weighted by atomic mass is 10.2. The summed E-state index contributed by atoms with van der Waals surface area (Å²) in [5.41, 5.74) is 2.74. The quantitative estimate of drug-likeness (QED) is 0.530.